The van der Waals surface area contributed by atoms with Crippen LogP contribution in [0, 0.1) is 0 Å². The molecule has 0 unspecified atom stereocenters. The first-order valence-corrected chi connectivity index (χ1v) is 10.7. The zero-order chi connectivity index (χ0) is 18.0. The van der Waals surface area contributed by atoms with E-state index in [-0.39, 0.29) is 28.9 Å². The van der Waals surface area contributed by atoms with Gasteiger partial charge < -0.3 is 4.90 Å². The Morgan fingerprint density at radius 1 is 1.16 bits per heavy atom. The normalized spacial score (nSPS) is 16.2. The molecule has 2 aromatic rings. The maximum Gasteiger partial charge on any atom is 0.264 e. The van der Waals surface area contributed by atoms with Crippen molar-refractivity contribution in [3.05, 3.63) is 51.2 Å². The summed E-state index contributed by atoms with van der Waals surface area (Å²) >= 11 is 7.48. The molecule has 0 spiro atoms. The first kappa shape index (κ1) is 18.4. The molecule has 0 radical (unpaired) electrons. The summed E-state index contributed by atoms with van der Waals surface area (Å²) in [6.07, 6.45) is 0.811. The van der Waals surface area contributed by atoms with Crippen LogP contribution in [0.2, 0.25) is 5.02 Å². The molecule has 1 amide bonds. The number of nitrogens with zero attached hydrogens (tertiary/aromatic N) is 2. The Labute approximate surface area is 156 Å². The van der Waals surface area contributed by atoms with Crippen LogP contribution in [-0.2, 0) is 16.4 Å². The second kappa shape index (κ2) is 7.45. The van der Waals surface area contributed by atoms with Crippen molar-refractivity contribution in [1.82, 2.24) is 9.21 Å². The number of amides is 1. The molecule has 3 rings (SSSR count). The summed E-state index contributed by atoms with van der Waals surface area (Å²) in [5.41, 5.74) is 1.04. The first-order chi connectivity index (χ1) is 11.9. The lowest BCUT2D eigenvalue weighted by Crippen LogP contribution is -2.50. The standard InChI is InChI=1S/C17H19ClN2O3S2/c1-2-13-7-12-24-16(13)17(21)19-8-10-20(11-9-19)25(22,23)15-6-4-3-5-14(15)18/h3-7,12H,2,8-11H2,1H3. The highest BCUT2D eigenvalue weighted by Gasteiger charge is 2.32. The number of benzene rings is 1. The number of rotatable bonds is 4. The third kappa shape index (κ3) is 3.60. The lowest BCUT2D eigenvalue weighted by atomic mass is 10.2. The number of carbonyl (C=O) groups is 1. The lowest BCUT2D eigenvalue weighted by Gasteiger charge is -2.34. The van der Waals surface area contributed by atoms with Gasteiger partial charge in [-0.3, -0.25) is 4.79 Å². The van der Waals surface area contributed by atoms with Gasteiger partial charge in [0, 0.05) is 26.2 Å². The van der Waals surface area contributed by atoms with Gasteiger partial charge in [-0.05, 0) is 35.6 Å². The first-order valence-electron chi connectivity index (χ1n) is 8.05. The van der Waals surface area contributed by atoms with Gasteiger partial charge in [-0.2, -0.15) is 4.31 Å². The second-order valence-corrected chi connectivity index (χ2v) is 8.98. The molecular weight excluding hydrogens is 380 g/mol. The minimum Gasteiger partial charge on any atom is -0.335 e. The van der Waals surface area contributed by atoms with Crippen molar-refractivity contribution in [2.24, 2.45) is 0 Å². The van der Waals surface area contributed by atoms with E-state index in [1.165, 1.54) is 21.7 Å². The summed E-state index contributed by atoms with van der Waals surface area (Å²) in [7, 11) is -3.64. The van der Waals surface area contributed by atoms with Gasteiger partial charge >= 0.3 is 0 Å². The number of hydrogen-bond donors (Lipinski definition) is 0. The van der Waals surface area contributed by atoms with Crippen molar-refractivity contribution in [3.63, 3.8) is 0 Å². The maximum atomic E-state index is 12.8. The highest BCUT2D eigenvalue weighted by molar-refractivity contribution is 7.89. The van der Waals surface area contributed by atoms with Crippen LogP contribution in [0.25, 0.3) is 0 Å². The lowest BCUT2D eigenvalue weighted by molar-refractivity contribution is 0.0702. The molecule has 5 nitrogen and oxygen atoms in total. The quantitative estimate of drug-likeness (QED) is 0.795. The molecule has 0 bridgehead atoms. The fourth-order valence-corrected chi connectivity index (χ4v) is 5.75. The van der Waals surface area contributed by atoms with Gasteiger partial charge in [0.1, 0.15) is 4.90 Å². The van der Waals surface area contributed by atoms with Gasteiger partial charge in [-0.15, -0.1) is 11.3 Å². The van der Waals surface area contributed by atoms with Crippen molar-refractivity contribution in [3.8, 4) is 0 Å². The molecule has 1 aromatic heterocycles. The Hall–Kier alpha value is -1.41. The van der Waals surface area contributed by atoms with Crippen LogP contribution < -0.4 is 0 Å². The predicted molar refractivity (Wildman–Crippen MR) is 99.8 cm³/mol. The van der Waals surface area contributed by atoms with Crippen molar-refractivity contribution in [1.29, 1.82) is 0 Å². The summed E-state index contributed by atoms with van der Waals surface area (Å²) in [6.45, 7) is 3.32. The number of thiophene rings is 1. The Kier molecular flexibility index (Phi) is 5.48. The number of hydrogen-bond acceptors (Lipinski definition) is 4. The van der Waals surface area contributed by atoms with Gasteiger partial charge in [0.05, 0.1) is 9.90 Å². The highest BCUT2D eigenvalue weighted by atomic mass is 35.5. The molecule has 0 atom stereocenters. The van der Waals surface area contributed by atoms with E-state index in [2.05, 4.69) is 0 Å². The van der Waals surface area contributed by atoms with Crippen LogP contribution >= 0.6 is 22.9 Å². The molecule has 0 N–H and O–H groups in total. The molecule has 2 heterocycles. The van der Waals surface area contributed by atoms with Crippen LogP contribution in [0.3, 0.4) is 0 Å². The summed E-state index contributed by atoms with van der Waals surface area (Å²) < 4.78 is 26.9. The Morgan fingerprint density at radius 2 is 1.84 bits per heavy atom. The molecule has 1 fully saturated rings. The SMILES string of the molecule is CCc1ccsc1C(=O)N1CCN(S(=O)(=O)c2ccccc2Cl)CC1. The number of piperazine rings is 1. The molecule has 0 saturated carbocycles. The smallest absolute Gasteiger partial charge is 0.264 e. The molecule has 1 saturated heterocycles. The van der Waals surface area contributed by atoms with Gasteiger partial charge in [-0.25, -0.2) is 8.42 Å². The van der Waals surface area contributed by atoms with E-state index in [4.69, 9.17) is 11.6 Å². The van der Waals surface area contributed by atoms with Crippen molar-refractivity contribution >= 4 is 38.9 Å². The topological polar surface area (TPSA) is 57.7 Å². The fraction of sp³-hybridized carbons (Fsp3) is 0.353. The second-order valence-electron chi connectivity index (χ2n) is 5.76. The third-order valence-electron chi connectivity index (χ3n) is 4.30. The van der Waals surface area contributed by atoms with E-state index in [1.54, 1.807) is 23.1 Å². The fourth-order valence-electron chi connectivity index (χ4n) is 2.87. The monoisotopic (exact) mass is 398 g/mol. The van der Waals surface area contributed by atoms with E-state index in [1.807, 2.05) is 18.4 Å². The number of halogens is 1. The van der Waals surface area contributed by atoms with E-state index in [9.17, 15) is 13.2 Å². The Bertz CT molecular complexity index is 872. The van der Waals surface area contributed by atoms with E-state index < -0.39 is 10.0 Å². The summed E-state index contributed by atoms with van der Waals surface area (Å²) in [4.78, 5) is 15.3. The molecule has 8 heteroatoms. The largest absolute Gasteiger partial charge is 0.335 e. The number of aryl methyl sites for hydroxylation is 1. The number of sulfonamides is 1. The van der Waals surface area contributed by atoms with Crippen LogP contribution in [0.15, 0.2) is 40.6 Å². The molecular formula is C17H19ClN2O3S2. The molecule has 1 aliphatic heterocycles. The third-order valence-corrected chi connectivity index (χ3v) is 7.65. The minimum absolute atomic E-state index is 0.0124. The predicted octanol–water partition coefficient (Wildman–Crippen LogP) is 3.11. The zero-order valence-electron chi connectivity index (χ0n) is 13.8. The average molecular weight is 399 g/mol. The molecule has 134 valence electrons. The van der Waals surface area contributed by atoms with Crippen LogP contribution in [0.4, 0.5) is 0 Å². The summed E-state index contributed by atoms with van der Waals surface area (Å²) in [5.74, 6) is -0.0124. The van der Waals surface area contributed by atoms with Gasteiger partial charge in [-0.1, -0.05) is 30.7 Å². The van der Waals surface area contributed by atoms with Crippen LogP contribution in [0.1, 0.15) is 22.2 Å². The number of carbonyl (C=O) groups excluding carboxylic acids is 1. The van der Waals surface area contributed by atoms with Gasteiger partial charge in [0.2, 0.25) is 10.0 Å². The molecule has 25 heavy (non-hydrogen) atoms. The van der Waals surface area contributed by atoms with Crippen LogP contribution in [-0.4, -0.2) is 49.7 Å². The van der Waals surface area contributed by atoms with E-state index >= 15 is 0 Å². The maximum absolute atomic E-state index is 12.8. The van der Waals surface area contributed by atoms with E-state index in [0.29, 0.717) is 13.1 Å². The molecule has 1 aromatic carbocycles. The Balaban J connectivity index is 1.72. The van der Waals surface area contributed by atoms with Crippen molar-refractivity contribution in [2.45, 2.75) is 18.2 Å². The average Bonchev–Trinajstić information content (AvgIpc) is 3.10. The Morgan fingerprint density at radius 3 is 2.48 bits per heavy atom. The van der Waals surface area contributed by atoms with E-state index in [0.717, 1.165) is 16.9 Å². The summed E-state index contributed by atoms with van der Waals surface area (Å²) in [6, 6.07) is 8.40. The van der Waals surface area contributed by atoms with Gasteiger partial charge in [0.25, 0.3) is 5.91 Å². The minimum atomic E-state index is -3.64. The summed E-state index contributed by atoms with van der Waals surface area (Å²) in [5, 5.41) is 2.14. The molecule has 0 aliphatic carbocycles. The zero-order valence-corrected chi connectivity index (χ0v) is 16.2. The van der Waals surface area contributed by atoms with Crippen LogP contribution in [0.5, 0.6) is 0 Å². The van der Waals surface area contributed by atoms with Crippen molar-refractivity contribution < 1.29 is 13.2 Å². The highest BCUT2D eigenvalue weighted by Crippen LogP contribution is 2.26. The van der Waals surface area contributed by atoms with Crippen molar-refractivity contribution in [2.75, 3.05) is 26.2 Å². The van der Waals surface area contributed by atoms with Gasteiger partial charge in [0.15, 0.2) is 0 Å². The molecule has 1 aliphatic rings.